The molecule has 0 radical (unpaired) electrons. The molecule has 1 atom stereocenters. The third-order valence-electron chi connectivity index (χ3n) is 2.72. The Morgan fingerprint density at radius 1 is 1.35 bits per heavy atom. The fourth-order valence-corrected chi connectivity index (χ4v) is 2.18. The second-order valence-electron chi connectivity index (χ2n) is 4.37. The molecule has 5 nitrogen and oxygen atoms in total. The largest absolute Gasteiger partial charge is 1.00 e. The molecule has 1 rings (SSSR count). The van der Waals surface area contributed by atoms with Crippen LogP contribution in [0.1, 0.15) is 33.1 Å². The third kappa shape index (κ3) is 5.93. The van der Waals surface area contributed by atoms with Crippen LogP contribution in [-0.4, -0.2) is 18.9 Å². The molecule has 0 saturated heterocycles. The Morgan fingerprint density at radius 2 is 1.95 bits per heavy atom. The number of hydrogen-bond acceptors (Lipinski definition) is 5. The number of esters is 1. The summed E-state index contributed by atoms with van der Waals surface area (Å²) in [6.45, 7) is 3.73. The summed E-state index contributed by atoms with van der Waals surface area (Å²) in [5.74, 6) is -1.06. The Morgan fingerprint density at radius 3 is 2.50 bits per heavy atom. The van der Waals surface area contributed by atoms with Crippen molar-refractivity contribution in [3.63, 3.8) is 0 Å². The monoisotopic (exact) mass is 308 g/mol. The zero-order valence-corrected chi connectivity index (χ0v) is 14.8. The quantitative estimate of drug-likeness (QED) is 0.301. The van der Waals surface area contributed by atoms with Gasteiger partial charge in [-0.15, -0.1) is 0 Å². The molecule has 1 aromatic rings. The predicted octanol–water partition coefficient (Wildman–Crippen LogP) is -0.674. The van der Waals surface area contributed by atoms with Crippen LogP contribution in [0.2, 0.25) is 0 Å². The summed E-state index contributed by atoms with van der Waals surface area (Å²) in [6.07, 6.45) is 2.52. The second-order valence-corrected chi connectivity index (χ2v) is 5.71. The standard InChI is InChI=1S/C13H18O5S.Na/c1-3-4-7-10(2)13(14)18-11-8-5-6-9-12(11)19(15,16)17;/h5-6,8-10H,3-4,7H2,1-2H3,(H,15,16,17);/q;+1/p-1. The van der Waals surface area contributed by atoms with E-state index in [4.69, 9.17) is 4.74 Å². The van der Waals surface area contributed by atoms with Gasteiger partial charge in [-0.1, -0.05) is 38.8 Å². The molecule has 0 aliphatic carbocycles. The molecule has 0 spiro atoms. The maximum Gasteiger partial charge on any atom is 1.00 e. The van der Waals surface area contributed by atoms with Crippen LogP contribution in [0, 0.1) is 5.92 Å². The zero-order valence-electron chi connectivity index (χ0n) is 12.0. The molecule has 0 amide bonds. The van der Waals surface area contributed by atoms with Crippen LogP contribution >= 0.6 is 0 Å². The number of hydrogen-bond donors (Lipinski definition) is 0. The Labute approximate surface area is 141 Å². The van der Waals surface area contributed by atoms with E-state index in [1.165, 1.54) is 18.2 Å². The van der Waals surface area contributed by atoms with Crippen molar-refractivity contribution in [2.24, 2.45) is 5.92 Å². The summed E-state index contributed by atoms with van der Waals surface area (Å²) in [5, 5.41) is 0. The van der Waals surface area contributed by atoms with Gasteiger partial charge in [0.2, 0.25) is 0 Å². The molecule has 7 heteroatoms. The second kappa shape index (κ2) is 8.79. The minimum atomic E-state index is -4.65. The zero-order chi connectivity index (χ0) is 14.5. The van der Waals surface area contributed by atoms with Crippen LogP contribution in [0.25, 0.3) is 0 Å². The van der Waals surface area contributed by atoms with Gasteiger partial charge in [-0.2, -0.15) is 0 Å². The van der Waals surface area contributed by atoms with Gasteiger partial charge in [-0.05, 0) is 18.6 Å². The third-order valence-corrected chi connectivity index (χ3v) is 3.60. The van der Waals surface area contributed by atoms with E-state index in [9.17, 15) is 17.8 Å². The van der Waals surface area contributed by atoms with Crippen LogP contribution in [0.15, 0.2) is 29.2 Å². The van der Waals surface area contributed by atoms with Gasteiger partial charge >= 0.3 is 35.5 Å². The van der Waals surface area contributed by atoms with E-state index in [1.807, 2.05) is 6.92 Å². The molecule has 0 aliphatic rings. The Bertz CT molecular complexity index is 541. The fraction of sp³-hybridized carbons (Fsp3) is 0.462. The van der Waals surface area contributed by atoms with Crippen molar-refractivity contribution in [1.82, 2.24) is 0 Å². The van der Waals surface area contributed by atoms with Crippen molar-refractivity contribution >= 4 is 16.1 Å². The van der Waals surface area contributed by atoms with Crippen molar-refractivity contribution in [1.29, 1.82) is 0 Å². The van der Waals surface area contributed by atoms with Gasteiger partial charge in [0.05, 0.1) is 10.8 Å². The molecular formula is C13H17NaO5S. The molecule has 0 N–H and O–H groups in total. The van der Waals surface area contributed by atoms with E-state index in [2.05, 4.69) is 0 Å². The van der Waals surface area contributed by atoms with Gasteiger partial charge in [0.1, 0.15) is 15.9 Å². The first kappa shape index (κ1) is 19.6. The SMILES string of the molecule is CCCCC(C)C(=O)Oc1ccccc1S(=O)(=O)[O-].[Na+]. The summed E-state index contributed by atoms with van der Waals surface area (Å²) in [5.41, 5.74) is 0. The van der Waals surface area contributed by atoms with E-state index >= 15 is 0 Å². The summed E-state index contributed by atoms with van der Waals surface area (Å²) >= 11 is 0. The molecule has 0 heterocycles. The normalized spacial score (nSPS) is 12.3. The van der Waals surface area contributed by atoms with E-state index in [1.54, 1.807) is 6.92 Å². The number of benzene rings is 1. The predicted molar refractivity (Wildman–Crippen MR) is 68.7 cm³/mol. The Kier molecular flexibility index (Phi) is 8.62. The van der Waals surface area contributed by atoms with E-state index in [0.717, 1.165) is 18.9 Å². The first-order valence-electron chi connectivity index (χ1n) is 6.13. The average molecular weight is 308 g/mol. The summed E-state index contributed by atoms with van der Waals surface area (Å²) in [7, 11) is -4.65. The summed E-state index contributed by atoms with van der Waals surface area (Å²) in [6, 6.07) is 5.34. The van der Waals surface area contributed by atoms with Gasteiger partial charge in [-0.25, -0.2) is 8.42 Å². The molecule has 106 valence electrons. The molecule has 0 bridgehead atoms. The fourth-order valence-electron chi connectivity index (χ4n) is 1.58. The van der Waals surface area contributed by atoms with Gasteiger partial charge in [-0.3, -0.25) is 4.79 Å². The van der Waals surface area contributed by atoms with Gasteiger partial charge in [0.25, 0.3) is 0 Å². The van der Waals surface area contributed by atoms with Crippen LogP contribution < -0.4 is 34.3 Å². The first-order chi connectivity index (χ1) is 8.86. The topological polar surface area (TPSA) is 83.5 Å². The number of carbonyl (C=O) groups is 1. The van der Waals surface area contributed by atoms with Crippen LogP contribution in [-0.2, 0) is 14.9 Å². The number of para-hydroxylation sites is 1. The van der Waals surface area contributed by atoms with Crippen molar-refractivity contribution in [2.45, 2.75) is 38.0 Å². The number of ether oxygens (including phenoxy) is 1. The van der Waals surface area contributed by atoms with Crippen molar-refractivity contribution in [2.75, 3.05) is 0 Å². The Balaban J connectivity index is 0.00000361. The summed E-state index contributed by atoms with van der Waals surface area (Å²) in [4.78, 5) is 11.3. The molecule has 1 unspecified atom stereocenters. The number of unbranched alkanes of at least 4 members (excludes halogenated alkanes) is 1. The molecule has 0 fully saturated rings. The average Bonchev–Trinajstić information content (AvgIpc) is 2.35. The Hall–Kier alpha value is -0.400. The summed E-state index contributed by atoms with van der Waals surface area (Å²) < 4.78 is 38.1. The van der Waals surface area contributed by atoms with Gasteiger partial charge in [0.15, 0.2) is 0 Å². The molecule has 0 aliphatic heterocycles. The minimum Gasteiger partial charge on any atom is -0.744 e. The van der Waals surface area contributed by atoms with Crippen molar-refractivity contribution < 1.29 is 52.1 Å². The first-order valence-corrected chi connectivity index (χ1v) is 7.53. The molecular weight excluding hydrogens is 291 g/mol. The van der Waals surface area contributed by atoms with Gasteiger partial charge < -0.3 is 9.29 Å². The van der Waals surface area contributed by atoms with Crippen LogP contribution in [0.3, 0.4) is 0 Å². The van der Waals surface area contributed by atoms with Crippen molar-refractivity contribution in [3.05, 3.63) is 24.3 Å². The molecule has 0 aromatic heterocycles. The van der Waals surface area contributed by atoms with Gasteiger partial charge in [0, 0.05) is 0 Å². The van der Waals surface area contributed by atoms with Crippen LogP contribution in [0.4, 0.5) is 0 Å². The molecule has 1 aromatic carbocycles. The van der Waals surface area contributed by atoms with Crippen LogP contribution in [0.5, 0.6) is 5.75 Å². The molecule has 0 saturated carbocycles. The maximum absolute atomic E-state index is 11.8. The number of carbonyl (C=O) groups excluding carboxylic acids is 1. The smallest absolute Gasteiger partial charge is 0.744 e. The van der Waals surface area contributed by atoms with Crippen molar-refractivity contribution in [3.8, 4) is 5.75 Å². The minimum absolute atomic E-state index is 0. The maximum atomic E-state index is 11.8. The molecule has 20 heavy (non-hydrogen) atoms. The van der Waals surface area contributed by atoms with E-state index in [-0.39, 0.29) is 41.2 Å². The number of rotatable bonds is 6. The van der Waals surface area contributed by atoms with E-state index < -0.39 is 21.0 Å². The van der Waals surface area contributed by atoms with E-state index in [0.29, 0.717) is 6.42 Å².